The highest BCUT2D eigenvalue weighted by Crippen LogP contribution is 1.96. The second kappa shape index (κ2) is 4.77. The van der Waals surface area contributed by atoms with E-state index in [-0.39, 0.29) is 0 Å². The Hall–Kier alpha value is -1.03. The molecule has 66 valence electrons. The number of halogens is 1. The lowest BCUT2D eigenvalue weighted by molar-refractivity contribution is 0.194. The minimum absolute atomic E-state index is 0.398. The minimum Gasteiger partial charge on any atom is -0.385 e. The van der Waals surface area contributed by atoms with Crippen LogP contribution in [0.3, 0.4) is 0 Å². The lowest BCUT2D eigenvalue weighted by Gasteiger charge is -1.97. The van der Waals surface area contributed by atoms with Crippen molar-refractivity contribution in [2.24, 2.45) is 0 Å². The molecule has 0 unspecified atom stereocenters. The summed E-state index contributed by atoms with van der Waals surface area (Å²) < 4.78 is 17.2. The second-order valence-electron chi connectivity index (χ2n) is 2.41. The first-order valence-electron chi connectivity index (χ1n) is 3.78. The molecule has 12 heavy (non-hydrogen) atoms. The maximum atomic E-state index is 12.3. The fourth-order valence-electron chi connectivity index (χ4n) is 0.843. The molecule has 0 saturated heterocycles. The van der Waals surface area contributed by atoms with Crippen molar-refractivity contribution in [2.75, 3.05) is 13.7 Å². The Morgan fingerprint density at radius 2 is 2.08 bits per heavy atom. The number of aryl methyl sites for hydroxylation is 1. The smallest absolute Gasteiger partial charge is 0.159 e. The summed E-state index contributed by atoms with van der Waals surface area (Å²) >= 11 is 0. The number of rotatable bonds is 4. The lowest BCUT2D eigenvalue weighted by atomic mass is 10.3. The minimum atomic E-state index is -0.398. The van der Waals surface area contributed by atoms with Gasteiger partial charge in [-0.3, -0.25) is 0 Å². The van der Waals surface area contributed by atoms with E-state index < -0.39 is 5.82 Å². The topological polar surface area (TPSA) is 35.0 Å². The number of ether oxygens (including phenoxy) is 1. The van der Waals surface area contributed by atoms with Crippen LogP contribution in [0.2, 0.25) is 0 Å². The molecule has 0 aliphatic rings. The van der Waals surface area contributed by atoms with Gasteiger partial charge in [-0.05, 0) is 6.42 Å². The van der Waals surface area contributed by atoms with Crippen LogP contribution in [0.15, 0.2) is 12.4 Å². The van der Waals surface area contributed by atoms with Gasteiger partial charge in [-0.2, -0.15) is 0 Å². The number of hydrogen-bond acceptors (Lipinski definition) is 3. The SMILES string of the molecule is COCCCc1ncc(F)cn1. The standard InChI is InChI=1S/C8H11FN2O/c1-12-4-2-3-8-10-5-7(9)6-11-8/h5-6H,2-4H2,1H3. The molecule has 0 radical (unpaired) electrons. The van der Waals surface area contributed by atoms with E-state index >= 15 is 0 Å². The highest BCUT2D eigenvalue weighted by Gasteiger charge is 1.96. The Labute approximate surface area is 70.6 Å². The van der Waals surface area contributed by atoms with Gasteiger partial charge in [0.2, 0.25) is 0 Å². The quantitative estimate of drug-likeness (QED) is 0.637. The monoisotopic (exact) mass is 170 g/mol. The molecular formula is C8H11FN2O. The summed E-state index contributed by atoms with van der Waals surface area (Å²) in [6, 6.07) is 0. The third kappa shape index (κ3) is 2.92. The molecule has 0 aliphatic heterocycles. The molecule has 1 aromatic rings. The van der Waals surface area contributed by atoms with E-state index in [2.05, 4.69) is 9.97 Å². The van der Waals surface area contributed by atoms with Gasteiger partial charge in [-0.25, -0.2) is 14.4 Å². The third-order valence-electron chi connectivity index (χ3n) is 1.42. The lowest BCUT2D eigenvalue weighted by Crippen LogP contribution is -1.98. The summed E-state index contributed by atoms with van der Waals surface area (Å²) in [6.07, 6.45) is 3.94. The Morgan fingerprint density at radius 1 is 1.42 bits per heavy atom. The van der Waals surface area contributed by atoms with Crippen LogP contribution >= 0.6 is 0 Å². The number of methoxy groups -OCH3 is 1. The zero-order chi connectivity index (χ0) is 8.81. The zero-order valence-electron chi connectivity index (χ0n) is 6.96. The average Bonchev–Trinajstić information content (AvgIpc) is 2.09. The van der Waals surface area contributed by atoms with Crippen molar-refractivity contribution < 1.29 is 9.13 Å². The van der Waals surface area contributed by atoms with Crippen molar-refractivity contribution in [1.29, 1.82) is 0 Å². The van der Waals surface area contributed by atoms with E-state index in [4.69, 9.17) is 4.74 Å². The summed E-state index contributed by atoms with van der Waals surface area (Å²) in [6.45, 7) is 0.681. The summed E-state index contributed by atoms with van der Waals surface area (Å²) in [7, 11) is 1.64. The van der Waals surface area contributed by atoms with Crippen LogP contribution in [0.1, 0.15) is 12.2 Å². The maximum absolute atomic E-state index is 12.3. The molecule has 0 saturated carbocycles. The van der Waals surface area contributed by atoms with Crippen molar-refractivity contribution >= 4 is 0 Å². The molecule has 1 aromatic heterocycles. The van der Waals surface area contributed by atoms with Gasteiger partial charge in [-0.15, -0.1) is 0 Å². The first kappa shape index (κ1) is 9.06. The number of hydrogen-bond donors (Lipinski definition) is 0. The molecule has 0 amide bonds. The molecule has 1 rings (SSSR count). The normalized spacial score (nSPS) is 10.2. The van der Waals surface area contributed by atoms with Crippen molar-refractivity contribution in [3.63, 3.8) is 0 Å². The molecule has 1 heterocycles. The molecular weight excluding hydrogens is 159 g/mol. The molecule has 0 N–H and O–H groups in total. The molecule has 0 atom stereocenters. The Balaban J connectivity index is 2.37. The summed E-state index contributed by atoms with van der Waals surface area (Å²) in [4.78, 5) is 7.62. The van der Waals surface area contributed by atoms with Crippen LogP contribution in [0, 0.1) is 5.82 Å². The van der Waals surface area contributed by atoms with Gasteiger partial charge in [0.1, 0.15) is 5.82 Å². The fourth-order valence-corrected chi connectivity index (χ4v) is 0.843. The van der Waals surface area contributed by atoms with Crippen LogP contribution < -0.4 is 0 Å². The van der Waals surface area contributed by atoms with Gasteiger partial charge in [0.05, 0.1) is 12.4 Å². The van der Waals surface area contributed by atoms with Gasteiger partial charge in [-0.1, -0.05) is 0 Å². The summed E-state index contributed by atoms with van der Waals surface area (Å²) in [5.74, 6) is 0.263. The highest BCUT2D eigenvalue weighted by atomic mass is 19.1. The van der Waals surface area contributed by atoms with Gasteiger partial charge in [0.15, 0.2) is 5.82 Å². The Kier molecular flexibility index (Phi) is 3.60. The van der Waals surface area contributed by atoms with E-state index in [0.717, 1.165) is 12.8 Å². The predicted molar refractivity (Wildman–Crippen MR) is 42.2 cm³/mol. The van der Waals surface area contributed by atoms with E-state index in [1.54, 1.807) is 7.11 Å². The zero-order valence-corrected chi connectivity index (χ0v) is 6.96. The number of nitrogens with zero attached hydrogens (tertiary/aromatic N) is 2. The largest absolute Gasteiger partial charge is 0.385 e. The molecule has 4 heteroatoms. The third-order valence-corrected chi connectivity index (χ3v) is 1.42. The van der Waals surface area contributed by atoms with E-state index in [0.29, 0.717) is 12.4 Å². The van der Waals surface area contributed by atoms with Crippen LogP contribution in [-0.2, 0) is 11.2 Å². The summed E-state index contributed by atoms with van der Waals surface area (Å²) in [5.41, 5.74) is 0. The number of aromatic nitrogens is 2. The van der Waals surface area contributed by atoms with Crippen LogP contribution in [-0.4, -0.2) is 23.7 Å². The predicted octanol–water partition coefficient (Wildman–Crippen LogP) is 1.19. The maximum Gasteiger partial charge on any atom is 0.159 e. The van der Waals surface area contributed by atoms with Crippen LogP contribution in [0.5, 0.6) is 0 Å². The fraction of sp³-hybridized carbons (Fsp3) is 0.500. The molecule has 0 aromatic carbocycles. The van der Waals surface area contributed by atoms with Crippen molar-refractivity contribution in [1.82, 2.24) is 9.97 Å². The Morgan fingerprint density at radius 3 is 2.67 bits per heavy atom. The molecule has 3 nitrogen and oxygen atoms in total. The van der Waals surface area contributed by atoms with Gasteiger partial charge in [0, 0.05) is 20.1 Å². The van der Waals surface area contributed by atoms with Crippen molar-refractivity contribution in [3.8, 4) is 0 Å². The Bertz CT molecular complexity index is 225. The first-order valence-corrected chi connectivity index (χ1v) is 3.78. The molecule has 0 bridgehead atoms. The highest BCUT2D eigenvalue weighted by molar-refractivity contribution is 4.91. The molecule has 0 fully saturated rings. The van der Waals surface area contributed by atoms with E-state index in [9.17, 15) is 4.39 Å². The van der Waals surface area contributed by atoms with E-state index in [1.165, 1.54) is 12.4 Å². The van der Waals surface area contributed by atoms with Crippen molar-refractivity contribution in [2.45, 2.75) is 12.8 Å². The van der Waals surface area contributed by atoms with Gasteiger partial charge >= 0.3 is 0 Å². The van der Waals surface area contributed by atoms with Gasteiger partial charge in [0.25, 0.3) is 0 Å². The van der Waals surface area contributed by atoms with Gasteiger partial charge < -0.3 is 4.74 Å². The van der Waals surface area contributed by atoms with E-state index in [1.807, 2.05) is 0 Å². The first-order chi connectivity index (χ1) is 5.83. The summed E-state index contributed by atoms with van der Waals surface area (Å²) in [5, 5.41) is 0. The average molecular weight is 170 g/mol. The second-order valence-corrected chi connectivity index (χ2v) is 2.41. The van der Waals surface area contributed by atoms with Crippen LogP contribution in [0.4, 0.5) is 4.39 Å². The molecule has 0 spiro atoms. The van der Waals surface area contributed by atoms with Crippen LogP contribution in [0.25, 0.3) is 0 Å². The molecule has 0 aliphatic carbocycles. The van der Waals surface area contributed by atoms with Crippen molar-refractivity contribution in [3.05, 3.63) is 24.0 Å².